The SMILES string of the molecule is O=C1NC(=O)/C(=C\c2ccc(OCc3ccc4ccccc4c3)c(I)c2)N1. The quantitative estimate of drug-likeness (QED) is 0.341. The lowest BCUT2D eigenvalue weighted by atomic mass is 10.1. The molecule has 1 heterocycles. The zero-order valence-corrected chi connectivity index (χ0v) is 16.3. The highest BCUT2D eigenvalue weighted by molar-refractivity contribution is 14.1. The van der Waals surface area contributed by atoms with Crippen molar-refractivity contribution in [1.82, 2.24) is 10.6 Å². The third kappa shape index (κ3) is 3.95. The van der Waals surface area contributed by atoms with Crippen molar-refractivity contribution >= 4 is 51.4 Å². The normalized spacial score (nSPS) is 15.1. The molecule has 0 spiro atoms. The van der Waals surface area contributed by atoms with Crippen molar-refractivity contribution in [2.45, 2.75) is 6.61 Å². The molecule has 2 N–H and O–H groups in total. The largest absolute Gasteiger partial charge is 0.488 e. The number of hydrogen-bond donors (Lipinski definition) is 2. The fourth-order valence-corrected chi connectivity index (χ4v) is 3.56. The molecule has 1 aliphatic heterocycles. The van der Waals surface area contributed by atoms with E-state index < -0.39 is 11.9 Å². The maximum Gasteiger partial charge on any atom is 0.326 e. The summed E-state index contributed by atoms with van der Waals surface area (Å²) >= 11 is 2.20. The molecule has 6 heteroatoms. The first kappa shape index (κ1) is 17.5. The van der Waals surface area contributed by atoms with Gasteiger partial charge in [0.1, 0.15) is 18.1 Å². The van der Waals surface area contributed by atoms with Crippen LogP contribution >= 0.6 is 22.6 Å². The summed E-state index contributed by atoms with van der Waals surface area (Å²) < 4.78 is 6.88. The zero-order valence-electron chi connectivity index (χ0n) is 14.2. The Bertz CT molecular complexity index is 1090. The number of amides is 3. The maximum absolute atomic E-state index is 11.6. The molecule has 4 rings (SSSR count). The molecule has 3 aromatic carbocycles. The number of rotatable bonds is 4. The van der Waals surface area contributed by atoms with Crippen molar-refractivity contribution in [2.75, 3.05) is 0 Å². The van der Waals surface area contributed by atoms with E-state index in [0.29, 0.717) is 6.61 Å². The van der Waals surface area contributed by atoms with Crippen LogP contribution in [0.3, 0.4) is 0 Å². The summed E-state index contributed by atoms with van der Waals surface area (Å²) in [6.45, 7) is 0.472. The van der Waals surface area contributed by atoms with E-state index in [-0.39, 0.29) is 5.70 Å². The molecule has 0 unspecified atom stereocenters. The number of hydrogen-bond acceptors (Lipinski definition) is 3. The average Bonchev–Trinajstić information content (AvgIpc) is 2.98. The third-order valence-corrected chi connectivity index (χ3v) is 5.04. The topological polar surface area (TPSA) is 67.4 Å². The van der Waals surface area contributed by atoms with Crippen LogP contribution in [0.4, 0.5) is 4.79 Å². The number of fused-ring (bicyclic) bond motifs is 1. The van der Waals surface area contributed by atoms with E-state index in [9.17, 15) is 9.59 Å². The van der Waals surface area contributed by atoms with E-state index in [1.165, 1.54) is 10.8 Å². The van der Waals surface area contributed by atoms with Gasteiger partial charge in [-0.05, 0) is 68.8 Å². The molecule has 3 amide bonds. The minimum atomic E-state index is -0.503. The van der Waals surface area contributed by atoms with Crippen LogP contribution in [-0.4, -0.2) is 11.9 Å². The van der Waals surface area contributed by atoms with Crippen LogP contribution in [0.5, 0.6) is 5.75 Å². The van der Waals surface area contributed by atoms with Gasteiger partial charge < -0.3 is 10.1 Å². The predicted molar refractivity (Wildman–Crippen MR) is 112 cm³/mol. The van der Waals surface area contributed by atoms with Gasteiger partial charge in [0.2, 0.25) is 0 Å². The summed E-state index contributed by atoms with van der Waals surface area (Å²) in [4.78, 5) is 22.8. The first-order valence-corrected chi connectivity index (χ1v) is 9.40. The smallest absolute Gasteiger partial charge is 0.326 e. The number of carbonyl (C=O) groups excluding carboxylic acids is 2. The Morgan fingerprint density at radius 2 is 1.74 bits per heavy atom. The molecule has 1 saturated heterocycles. The number of benzene rings is 3. The summed E-state index contributed by atoms with van der Waals surface area (Å²) in [5.74, 6) is 0.345. The average molecular weight is 470 g/mol. The number of urea groups is 1. The highest BCUT2D eigenvalue weighted by atomic mass is 127. The molecule has 0 atom stereocenters. The predicted octanol–water partition coefficient (Wildman–Crippen LogP) is 4.20. The van der Waals surface area contributed by atoms with Crippen LogP contribution in [0.25, 0.3) is 16.8 Å². The Labute approximate surface area is 169 Å². The van der Waals surface area contributed by atoms with Crippen molar-refractivity contribution in [3.8, 4) is 5.75 Å². The van der Waals surface area contributed by atoms with E-state index in [1.807, 2.05) is 30.3 Å². The molecule has 3 aromatic rings. The molecular formula is C21H15IN2O3. The minimum absolute atomic E-state index is 0.237. The lowest BCUT2D eigenvalue weighted by Gasteiger charge is -2.10. The van der Waals surface area contributed by atoms with Gasteiger partial charge in [-0.2, -0.15) is 0 Å². The van der Waals surface area contributed by atoms with Crippen molar-refractivity contribution in [1.29, 1.82) is 0 Å². The molecule has 134 valence electrons. The molecule has 1 fully saturated rings. The molecule has 1 aliphatic rings. The van der Waals surface area contributed by atoms with E-state index in [1.54, 1.807) is 6.08 Å². The molecular weight excluding hydrogens is 455 g/mol. The van der Waals surface area contributed by atoms with Gasteiger partial charge in [0.25, 0.3) is 5.91 Å². The third-order valence-electron chi connectivity index (χ3n) is 4.20. The monoisotopic (exact) mass is 470 g/mol. The number of carbonyl (C=O) groups is 2. The standard InChI is InChI=1S/C21H15IN2O3/c22-17-10-13(11-18-20(25)24-21(26)23-18)6-8-19(17)27-12-14-5-7-15-3-1-2-4-16(15)9-14/h1-11H,12H2,(H2,23,24,25,26)/b18-11+. The Balaban J connectivity index is 1.48. The number of nitrogens with one attached hydrogen (secondary N) is 2. The minimum Gasteiger partial charge on any atom is -0.488 e. The molecule has 0 bridgehead atoms. The van der Waals surface area contributed by atoms with Crippen LogP contribution in [0.1, 0.15) is 11.1 Å². The summed E-state index contributed by atoms with van der Waals surface area (Å²) in [5.41, 5.74) is 2.14. The molecule has 0 radical (unpaired) electrons. The Morgan fingerprint density at radius 1 is 0.926 bits per heavy atom. The van der Waals surface area contributed by atoms with E-state index in [0.717, 1.165) is 20.4 Å². The van der Waals surface area contributed by atoms with Gasteiger partial charge in [-0.1, -0.05) is 42.5 Å². The molecule has 0 saturated carbocycles. The lowest BCUT2D eigenvalue weighted by Crippen LogP contribution is -2.22. The van der Waals surface area contributed by atoms with Crippen LogP contribution in [0, 0.1) is 3.57 Å². The van der Waals surface area contributed by atoms with Crippen molar-refractivity contribution in [3.63, 3.8) is 0 Å². The van der Waals surface area contributed by atoms with Gasteiger partial charge in [0.15, 0.2) is 0 Å². The summed E-state index contributed by atoms with van der Waals surface area (Å²) in [5, 5.41) is 7.05. The summed E-state index contributed by atoms with van der Waals surface area (Å²) in [6, 6.07) is 19.6. The lowest BCUT2D eigenvalue weighted by molar-refractivity contribution is -0.115. The number of ether oxygens (including phenoxy) is 1. The second-order valence-corrected chi connectivity index (χ2v) is 7.29. The maximum atomic E-state index is 11.6. The molecule has 27 heavy (non-hydrogen) atoms. The zero-order chi connectivity index (χ0) is 18.8. The molecule has 5 nitrogen and oxygen atoms in total. The highest BCUT2D eigenvalue weighted by Gasteiger charge is 2.22. The van der Waals surface area contributed by atoms with Gasteiger partial charge in [-0.15, -0.1) is 0 Å². The first-order valence-electron chi connectivity index (χ1n) is 8.32. The van der Waals surface area contributed by atoms with Gasteiger partial charge in [0, 0.05) is 0 Å². The fourth-order valence-electron chi connectivity index (χ4n) is 2.86. The van der Waals surface area contributed by atoms with Crippen LogP contribution in [-0.2, 0) is 11.4 Å². The summed E-state index contributed by atoms with van der Waals surface area (Å²) in [6.07, 6.45) is 1.63. The van der Waals surface area contributed by atoms with E-state index in [4.69, 9.17) is 4.74 Å². The summed E-state index contributed by atoms with van der Waals surface area (Å²) in [7, 11) is 0. The van der Waals surface area contributed by atoms with Gasteiger partial charge in [-0.3, -0.25) is 10.1 Å². The van der Waals surface area contributed by atoms with Crippen molar-refractivity contribution in [2.24, 2.45) is 0 Å². The Kier molecular flexibility index (Phi) is 4.81. The van der Waals surface area contributed by atoms with Gasteiger partial charge >= 0.3 is 6.03 Å². The Hall–Kier alpha value is -2.87. The van der Waals surface area contributed by atoms with Crippen LogP contribution in [0.15, 0.2) is 66.4 Å². The van der Waals surface area contributed by atoms with Gasteiger partial charge in [-0.25, -0.2) is 4.79 Å². The Morgan fingerprint density at radius 3 is 2.48 bits per heavy atom. The van der Waals surface area contributed by atoms with Crippen LogP contribution in [0.2, 0.25) is 0 Å². The number of imide groups is 1. The van der Waals surface area contributed by atoms with Crippen LogP contribution < -0.4 is 15.4 Å². The van der Waals surface area contributed by atoms with E-state index in [2.05, 4.69) is 63.6 Å². The fraction of sp³-hybridized carbons (Fsp3) is 0.0476. The second-order valence-electron chi connectivity index (χ2n) is 6.13. The van der Waals surface area contributed by atoms with Crippen molar-refractivity contribution < 1.29 is 14.3 Å². The van der Waals surface area contributed by atoms with E-state index >= 15 is 0 Å². The highest BCUT2D eigenvalue weighted by Crippen LogP contribution is 2.25. The molecule has 0 aromatic heterocycles. The van der Waals surface area contributed by atoms with Gasteiger partial charge in [0.05, 0.1) is 3.57 Å². The van der Waals surface area contributed by atoms with Crippen molar-refractivity contribution in [3.05, 3.63) is 81.1 Å². The molecule has 0 aliphatic carbocycles. The second kappa shape index (κ2) is 7.40. The number of halogens is 1. The first-order chi connectivity index (χ1) is 13.1.